The Kier molecular flexibility index (Phi) is 13.0. The zero-order valence-electron chi connectivity index (χ0n) is 32.6. The Bertz CT molecular complexity index is 2020. The molecule has 0 radical (unpaired) electrons. The first-order valence-electron chi connectivity index (χ1n) is 19.1. The molecule has 2 aromatic carbocycles. The van der Waals surface area contributed by atoms with Crippen LogP contribution in [0, 0.1) is 11.6 Å². The van der Waals surface area contributed by atoms with Crippen LogP contribution in [0.5, 0.6) is 0 Å². The van der Waals surface area contributed by atoms with Crippen LogP contribution in [0.2, 0.25) is 0 Å². The Balaban J connectivity index is 1.40. The highest BCUT2D eigenvalue weighted by Gasteiger charge is 2.41. The molecule has 0 spiro atoms. The van der Waals surface area contributed by atoms with E-state index in [1.54, 1.807) is 37.1 Å². The van der Waals surface area contributed by atoms with Crippen molar-refractivity contribution in [1.29, 1.82) is 0 Å². The number of likely N-dealkylation sites (tertiary alicyclic amines) is 2. The van der Waals surface area contributed by atoms with Crippen molar-refractivity contribution in [3.05, 3.63) is 48.0 Å². The number of hydrogen-bond acceptors (Lipinski definition) is 12. The molecule has 2 saturated heterocycles. The fourth-order valence-electron chi connectivity index (χ4n) is 7.64. The number of amides is 4. The second kappa shape index (κ2) is 17.8. The predicted octanol–water partition coefficient (Wildman–Crippen LogP) is -1.58. The SMILES string of the molecule is CN[C@H](C)C(=O)N[C@H](CO)C(=O)N1CC(O)C[C@H]1Cn1c(-c2nc3cc(F)ccc3n2C[C@@H]2CC(O)CN2C(=O)[C@@H](CO)NC(=O)[C@@H](C)NC)nc2cc(F)ccc21. The molecule has 58 heavy (non-hydrogen) atoms. The second-order valence-electron chi connectivity index (χ2n) is 14.9. The highest BCUT2D eigenvalue weighted by Crippen LogP contribution is 2.33. The number of nitrogens with zero attached hydrogens (tertiary/aromatic N) is 6. The van der Waals surface area contributed by atoms with Gasteiger partial charge in [-0.05, 0) is 65.0 Å². The van der Waals surface area contributed by atoms with Gasteiger partial charge in [0.1, 0.15) is 23.7 Å². The number of aromatic nitrogens is 4. The van der Waals surface area contributed by atoms with Crippen LogP contribution in [0.15, 0.2) is 36.4 Å². The zero-order chi connectivity index (χ0) is 42.0. The van der Waals surface area contributed by atoms with E-state index in [0.717, 1.165) is 0 Å². The summed E-state index contributed by atoms with van der Waals surface area (Å²) in [6.45, 7) is 1.58. The smallest absolute Gasteiger partial charge is 0.247 e. The lowest BCUT2D eigenvalue weighted by Crippen LogP contribution is -2.55. The van der Waals surface area contributed by atoms with Gasteiger partial charge in [-0.2, -0.15) is 0 Å². The molecule has 20 heteroatoms. The molecule has 2 aliphatic heterocycles. The van der Waals surface area contributed by atoms with Gasteiger partial charge in [0.2, 0.25) is 23.6 Å². The van der Waals surface area contributed by atoms with Crippen molar-refractivity contribution in [3.8, 4) is 11.6 Å². The van der Waals surface area contributed by atoms with E-state index >= 15 is 0 Å². The van der Waals surface area contributed by atoms with Gasteiger partial charge in [-0.3, -0.25) is 19.2 Å². The molecule has 2 unspecified atom stereocenters. The van der Waals surface area contributed by atoms with Gasteiger partial charge in [0, 0.05) is 38.3 Å². The summed E-state index contributed by atoms with van der Waals surface area (Å²) in [5.41, 5.74) is 1.33. The number of carbonyl (C=O) groups is 4. The quantitative estimate of drug-likeness (QED) is 0.0680. The number of halogens is 2. The minimum Gasteiger partial charge on any atom is -0.394 e. The monoisotopic (exact) mass is 812 g/mol. The molecule has 314 valence electrons. The standard InChI is InChI=1S/C38H50F2N10O8/c1-19(41-3)35(55)45-29(17-51)37(57)47-15-25(53)11-23(47)13-49-31-7-5-21(39)9-27(31)43-33(49)34-44-28-10-22(40)6-8-32(28)50(34)14-24-12-26(54)16-48(24)38(58)30(18-52)46-36(56)20(2)42-4/h5-10,19-20,23-26,29-30,41-42,51-54H,11-18H2,1-4H3,(H,45,55)(H,46,56)/t19-,20-,23+,24+,25?,26?,29-,30-/m1/s1. The lowest BCUT2D eigenvalue weighted by atomic mass is 10.1. The number of rotatable bonds is 15. The number of benzene rings is 2. The summed E-state index contributed by atoms with van der Waals surface area (Å²) >= 11 is 0. The van der Waals surface area contributed by atoms with Crippen molar-refractivity contribution in [2.75, 3.05) is 40.4 Å². The molecule has 2 aromatic heterocycles. The Morgan fingerprint density at radius 3 is 1.43 bits per heavy atom. The molecule has 4 aromatic rings. The normalized spacial score (nSPS) is 21.7. The molecule has 2 aliphatic rings. The van der Waals surface area contributed by atoms with Crippen LogP contribution in [0.25, 0.3) is 33.7 Å². The van der Waals surface area contributed by atoms with E-state index in [4.69, 9.17) is 9.97 Å². The molecule has 18 nitrogen and oxygen atoms in total. The third-order valence-electron chi connectivity index (χ3n) is 11.0. The van der Waals surface area contributed by atoms with Gasteiger partial charge in [-0.25, -0.2) is 18.7 Å². The maximum atomic E-state index is 14.7. The summed E-state index contributed by atoms with van der Waals surface area (Å²) in [5, 5.41) is 52.6. The second-order valence-corrected chi connectivity index (χ2v) is 14.9. The number of fused-ring (bicyclic) bond motifs is 2. The summed E-state index contributed by atoms with van der Waals surface area (Å²) in [6.07, 6.45) is -1.68. The topological polar surface area (TPSA) is 239 Å². The van der Waals surface area contributed by atoms with Gasteiger partial charge in [-0.15, -0.1) is 0 Å². The van der Waals surface area contributed by atoms with Crippen molar-refractivity contribution in [3.63, 3.8) is 0 Å². The van der Waals surface area contributed by atoms with Gasteiger partial charge in [0.25, 0.3) is 0 Å². The summed E-state index contributed by atoms with van der Waals surface area (Å²) in [5.74, 6) is -3.06. The minimum atomic E-state index is -1.30. The lowest BCUT2D eigenvalue weighted by Gasteiger charge is -2.30. The minimum absolute atomic E-state index is 0.00742. The average Bonchev–Trinajstić information content (AvgIpc) is 3.96. The largest absolute Gasteiger partial charge is 0.394 e. The third kappa shape index (κ3) is 8.66. The Morgan fingerprint density at radius 2 is 1.09 bits per heavy atom. The zero-order valence-corrected chi connectivity index (χ0v) is 32.6. The summed E-state index contributed by atoms with van der Waals surface area (Å²) in [7, 11) is 3.15. The number of aliphatic hydroxyl groups excluding tert-OH is 4. The lowest BCUT2D eigenvalue weighted by molar-refractivity contribution is -0.139. The molecule has 4 heterocycles. The van der Waals surface area contributed by atoms with E-state index < -0.39 is 96.9 Å². The number of imidazole rings is 2. The summed E-state index contributed by atoms with van der Waals surface area (Å²) in [4.78, 5) is 65.3. The number of nitrogens with one attached hydrogen (secondary N) is 4. The van der Waals surface area contributed by atoms with Gasteiger partial charge < -0.3 is 60.6 Å². The van der Waals surface area contributed by atoms with Crippen LogP contribution >= 0.6 is 0 Å². The third-order valence-corrected chi connectivity index (χ3v) is 11.0. The Morgan fingerprint density at radius 1 is 0.707 bits per heavy atom. The number of aliphatic hydroxyl groups is 4. The molecule has 8 atom stereocenters. The Labute approximate surface area is 332 Å². The first kappa shape index (κ1) is 42.5. The van der Waals surface area contributed by atoms with E-state index in [1.807, 2.05) is 0 Å². The van der Waals surface area contributed by atoms with Crippen LogP contribution in [0.1, 0.15) is 26.7 Å². The fourth-order valence-corrected chi connectivity index (χ4v) is 7.64. The number of hydrogen-bond donors (Lipinski definition) is 8. The highest BCUT2D eigenvalue weighted by atomic mass is 19.1. The van der Waals surface area contributed by atoms with Crippen molar-refractivity contribution in [1.82, 2.24) is 50.2 Å². The van der Waals surface area contributed by atoms with Crippen LogP contribution < -0.4 is 21.3 Å². The summed E-state index contributed by atoms with van der Waals surface area (Å²) in [6, 6.07) is 2.61. The highest BCUT2D eigenvalue weighted by molar-refractivity contribution is 5.91. The number of β-amino-alcohol motifs (C(OH)–C–C–N with tert-alkyl or cyclic N) is 2. The Hall–Kier alpha value is -5.12. The first-order valence-corrected chi connectivity index (χ1v) is 19.1. The molecule has 8 N–H and O–H groups in total. The maximum absolute atomic E-state index is 14.7. The van der Waals surface area contributed by atoms with Gasteiger partial charge in [-0.1, -0.05) is 0 Å². The molecule has 0 bridgehead atoms. The molecule has 6 rings (SSSR count). The molecule has 4 amide bonds. The van der Waals surface area contributed by atoms with Crippen LogP contribution in [0.4, 0.5) is 8.78 Å². The molecular weight excluding hydrogens is 762 g/mol. The van der Waals surface area contributed by atoms with Gasteiger partial charge in [0.15, 0.2) is 11.6 Å². The van der Waals surface area contributed by atoms with Crippen molar-refractivity contribution < 1.29 is 48.4 Å². The molecule has 2 fully saturated rings. The molecule has 0 saturated carbocycles. The van der Waals surface area contributed by atoms with E-state index in [0.29, 0.717) is 11.0 Å². The van der Waals surface area contributed by atoms with Crippen LogP contribution in [0.3, 0.4) is 0 Å². The first-order chi connectivity index (χ1) is 27.7. The van der Waals surface area contributed by atoms with E-state index in [2.05, 4.69) is 21.3 Å². The maximum Gasteiger partial charge on any atom is 0.247 e. The predicted molar refractivity (Wildman–Crippen MR) is 206 cm³/mol. The van der Waals surface area contributed by atoms with Crippen molar-refractivity contribution in [2.24, 2.45) is 0 Å². The van der Waals surface area contributed by atoms with Crippen LogP contribution in [-0.2, 0) is 32.3 Å². The summed E-state index contributed by atoms with van der Waals surface area (Å²) < 4.78 is 32.8. The van der Waals surface area contributed by atoms with E-state index in [1.165, 1.54) is 46.2 Å². The number of likely N-dealkylation sites (N-methyl/N-ethyl adjacent to an activating group) is 2. The van der Waals surface area contributed by atoms with Crippen LogP contribution in [-0.4, -0.2) is 162 Å². The molecule has 0 aliphatic carbocycles. The van der Waals surface area contributed by atoms with E-state index in [-0.39, 0.29) is 61.7 Å². The van der Waals surface area contributed by atoms with Crippen molar-refractivity contribution in [2.45, 2.75) is 88.2 Å². The fraction of sp³-hybridized carbons (Fsp3) is 0.526. The van der Waals surface area contributed by atoms with E-state index in [9.17, 15) is 48.4 Å². The van der Waals surface area contributed by atoms with Crippen molar-refractivity contribution >= 4 is 45.7 Å². The van der Waals surface area contributed by atoms with Gasteiger partial charge in [0.05, 0.1) is 71.7 Å². The average molecular weight is 813 g/mol. The molecular formula is C38H50F2N10O8. The number of carbonyl (C=O) groups excluding carboxylic acids is 4. The van der Waals surface area contributed by atoms with Gasteiger partial charge >= 0.3 is 0 Å².